The number of ether oxygens (including phenoxy) is 1. The monoisotopic (exact) mass is 338 g/mol. The molecule has 4 heteroatoms. The largest absolute Gasteiger partial charge is 0.422 e. The number of hydrogen-bond acceptors (Lipinski definition) is 2. The average molecular weight is 340 g/mol. The normalized spacial score (nSPS) is 10.3. The quantitative estimate of drug-likeness (QED) is 0.572. The Kier molecular flexibility index (Phi) is 4.27. The van der Waals surface area contributed by atoms with Crippen LogP contribution in [-0.4, -0.2) is 5.97 Å². The van der Waals surface area contributed by atoms with Crippen LogP contribution < -0.4 is 4.74 Å². The Morgan fingerprint density at radius 2 is 1.63 bits per heavy atom. The Morgan fingerprint density at radius 1 is 1.11 bits per heavy atom. The number of carbonyl (C=O) groups excluding carboxylic acids is 1. The van der Waals surface area contributed by atoms with E-state index >= 15 is 0 Å². The van der Waals surface area contributed by atoms with Crippen molar-refractivity contribution in [2.75, 3.05) is 0 Å². The van der Waals surface area contributed by atoms with Gasteiger partial charge in [-0.1, -0.05) is 27.5 Å². The van der Waals surface area contributed by atoms with Crippen LogP contribution in [0.4, 0.5) is 0 Å². The molecule has 2 rings (SSSR count). The smallest absolute Gasteiger partial charge is 0.343 e. The predicted octanol–water partition coefficient (Wildman–Crippen LogP) is 4.94. The highest BCUT2D eigenvalue weighted by Gasteiger charge is 2.12. The van der Waals surface area contributed by atoms with Crippen molar-refractivity contribution in [3.63, 3.8) is 0 Å². The highest BCUT2D eigenvalue weighted by molar-refractivity contribution is 9.10. The first-order valence-corrected chi connectivity index (χ1v) is 6.89. The summed E-state index contributed by atoms with van der Waals surface area (Å²) in [6, 6.07) is 10.5. The van der Waals surface area contributed by atoms with Gasteiger partial charge in [0.05, 0.1) is 5.56 Å². The fraction of sp³-hybridized carbons (Fsp3) is 0.133. The lowest BCUT2D eigenvalue weighted by molar-refractivity contribution is 0.0732. The highest BCUT2D eigenvalue weighted by atomic mass is 79.9. The summed E-state index contributed by atoms with van der Waals surface area (Å²) in [5, 5.41) is 0.590. The molecule has 98 valence electrons. The molecule has 0 saturated carbocycles. The van der Waals surface area contributed by atoms with Crippen LogP contribution >= 0.6 is 27.5 Å². The number of halogens is 2. The van der Waals surface area contributed by atoms with E-state index in [1.165, 1.54) is 0 Å². The van der Waals surface area contributed by atoms with Crippen LogP contribution in [0, 0.1) is 13.8 Å². The second-order valence-electron chi connectivity index (χ2n) is 4.27. The first-order valence-electron chi connectivity index (χ1n) is 5.72. The van der Waals surface area contributed by atoms with Crippen molar-refractivity contribution < 1.29 is 9.53 Å². The summed E-state index contributed by atoms with van der Waals surface area (Å²) in [5.74, 6) is 0.216. The first-order chi connectivity index (χ1) is 8.97. The molecule has 0 aliphatic heterocycles. The van der Waals surface area contributed by atoms with E-state index < -0.39 is 0 Å². The molecule has 0 aliphatic rings. The summed E-state index contributed by atoms with van der Waals surface area (Å²) >= 11 is 9.20. The Hall–Kier alpha value is -1.32. The maximum atomic E-state index is 12.0. The summed E-state index contributed by atoms with van der Waals surface area (Å²) < 4.78 is 6.42. The number of hydrogen-bond donors (Lipinski definition) is 0. The minimum Gasteiger partial charge on any atom is -0.422 e. The van der Waals surface area contributed by atoms with Gasteiger partial charge in [0.2, 0.25) is 0 Å². The molecule has 0 unspecified atom stereocenters. The molecule has 0 N–H and O–H groups in total. The van der Waals surface area contributed by atoms with Gasteiger partial charge in [-0.15, -0.1) is 0 Å². The third-order valence-corrected chi connectivity index (χ3v) is 3.41. The van der Waals surface area contributed by atoms with Gasteiger partial charge < -0.3 is 4.74 Å². The molecule has 2 aromatic carbocycles. The van der Waals surface area contributed by atoms with E-state index in [2.05, 4.69) is 15.9 Å². The minimum atomic E-state index is -0.384. The highest BCUT2D eigenvalue weighted by Crippen LogP contribution is 2.28. The second-order valence-corrected chi connectivity index (χ2v) is 5.62. The van der Waals surface area contributed by atoms with E-state index in [4.69, 9.17) is 16.3 Å². The Bertz CT molecular complexity index is 598. The summed E-state index contributed by atoms with van der Waals surface area (Å²) in [7, 11) is 0. The first kappa shape index (κ1) is 14.1. The van der Waals surface area contributed by atoms with Gasteiger partial charge in [0.25, 0.3) is 0 Å². The Labute approximate surface area is 125 Å². The number of carbonyl (C=O) groups is 1. The van der Waals surface area contributed by atoms with E-state index in [0.29, 0.717) is 16.3 Å². The lowest BCUT2D eigenvalue weighted by Gasteiger charge is -2.11. The lowest BCUT2D eigenvalue weighted by Crippen LogP contribution is -2.10. The van der Waals surface area contributed by atoms with Crippen LogP contribution in [0.25, 0.3) is 0 Å². The van der Waals surface area contributed by atoms with Crippen LogP contribution in [0.5, 0.6) is 5.75 Å². The zero-order chi connectivity index (χ0) is 14.0. The van der Waals surface area contributed by atoms with Crippen molar-refractivity contribution in [2.45, 2.75) is 13.8 Å². The van der Waals surface area contributed by atoms with Gasteiger partial charge in [-0.25, -0.2) is 4.79 Å². The van der Waals surface area contributed by atoms with E-state index in [1.807, 2.05) is 26.0 Å². The fourth-order valence-electron chi connectivity index (χ4n) is 1.80. The Balaban J connectivity index is 2.26. The molecule has 0 saturated heterocycles. The van der Waals surface area contributed by atoms with Gasteiger partial charge in [0.1, 0.15) is 5.75 Å². The maximum Gasteiger partial charge on any atom is 0.343 e. The van der Waals surface area contributed by atoms with Gasteiger partial charge in [-0.05, 0) is 61.4 Å². The molecule has 19 heavy (non-hydrogen) atoms. The minimum absolute atomic E-state index is 0.384. The zero-order valence-electron chi connectivity index (χ0n) is 10.5. The summed E-state index contributed by atoms with van der Waals surface area (Å²) in [6.45, 7) is 3.81. The van der Waals surface area contributed by atoms with Crippen molar-refractivity contribution in [3.8, 4) is 5.75 Å². The molecular formula is C15H12BrClO2. The van der Waals surface area contributed by atoms with E-state index in [1.54, 1.807) is 24.3 Å². The molecule has 0 aromatic heterocycles. The molecular weight excluding hydrogens is 328 g/mol. The number of aryl methyl sites for hydroxylation is 2. The van der Waals surface area contributed by atoms with E-state index in [0.717, 1.165) is 15.6 Å². The van der Waals surface area contributed by atoms with E-state index in [9.17, 15) is 4.79 Å². The van der Waals surface area contributed by atoms with Crippen LogP contribution in [0.2, 0.25) is 5.02 Å². The molecule has 0 bridgehead atoms. The van der Waals surface area contributed by atoms with Crippen molar-refractivity contribution in [3.05, 3.63) is 62.6 Å². The summed E-state index contributed by atoms with van der Waals surface area (Å²) in [5.41, 5.74) is 2.30. The molecule has 0 aliphatic carbocycles. The van der Waals surface area contributed by atoms with E-state index in [-0.39, 0.29) is 5.97 Å². The number of rotatable bonds is 2. The number of benzene rings is 2. The third kappa shape index (κ3) is 3.37. The predicted molar refractivity (Wildman–Crippen MR) is 80.0 cm³/mol. The van der Waals surface area contributed by atoms with Crippen molar-refractivity contribution in [1.29, 1.82) is 0 Å². The molecule has 2 aromatic rings. The van der Waals surface area contributed by atoms with Crippen LogP contribution in [0.15, 0.2) is 40.9 Å². The molecule has 0 radical (unpaired) electrons. The fourth-order valence-corrected chi connectivity index (χ4v) is 2.61. The average Bonchev–Trinajstić information content (AvgIpc) is 2.34. The standard InChI is InChI=1S/C15H12BrClO2/c1-9-7-12(16)8-10(2)14(9)19-15(18)11-3-5-13(17)6-4-11/h3-8H,1-2H3. The zero-order valence-corrected chi connectivity index (χ0v) is 12.9. The molecule has 2 nitrogen and oxygen atoms in total. The van der Waals surface area contributed by atoms with Gasteiger partial charge >= 0.3 is 5.97 Å². The molecule has 0 amide bonds. The van der Waals surface area contributed by atoms with Gasteiger partial charge in [-0.2, -0.15) is 0 Å². The summed E-state index contributed by atoms with van der Waals surface area (Å²) in [4.78, 5) is 12.0. The molecule has 0 fully saturated rings. The third-order valence-electron chi connectivity index (χ3n) is 2.70. The SMILES string of the molecule is Cc1cc(Br)cc(C)c1OC(=O)c1ccc(Cl)cc1. The number of esters is 1. The van der Waals surface area contributed by atoms with Crippen molar-refractivity contribution in [1.82, 2.24) is 0 Å². The van der Waals surface area contributed by atoms with Crippen molar-refractivity contribution in [2.24, 2.45) is 0 Å². The van der Waals surface area contributed by atoms with Crippen LogP contribution in [-0.2, 0) is 0 Å². The van der Waals surface area contributed by atoms with Gasteiger partial charge in [-0.3, -0.25) is 0 Å². The molecule has 0 atom stereocenters. The topological polar surface area (TPSA) is 26.3 Å². The van der Waals surface area contributed by atoms with Crippen molar-refractivity contribution >= 4 is 33.5 Å². The molecule has 0 heterocycles. The van der Waals surface area contributed by atoms with Gasteiger partial charge in [0, 0.05) is 9.50 Å². The van der Waals surface area contributed by atoms with Crippen LogP contribution in [0.3, 0.4) is 0 Å². The lowest BCUT2D eigenvalue weighted by atomic mass is 10.1. The second kappa shape index (κ2) is 5.76. The molecule has 0 spiro atoms. The Morgan fingerprint density at radius 3 is 2.16 bits per heavy atom. The van der Waals surface area contributed by atoms with Crippen LogP contribution in [0.1, 0.15) is 21.5 Å². The van der Waals surface area contributed by atoms with Gasteiger partial charge in [0.15, 0.2) is 0 Å². The summed E-state index contributed by atoms with van der Waals surface area (Å²) in [6.07, 6.45) is 0. The maximum absolute atomic E-state index is 12.0.